The van der Waals surface area contributed by atoms with Gasteiger partial charge in [-0.1, -0.05) is 0 Å². The molecule has 1 heterocycles. The first kappa shape index (κ1) is 13.6. The van der Waals surface area contributed by atoms with Gasteiger partial charge in [0, 0.05) is 6.42 Å². The number of aryl methyl sites for hydroxylation is 2. The zero-order chi connectivity index (χ0) is 14.2. The predicted molar refractivity (Wildman–Crippen MR) is 74.6 cm³/mol. The first-order valence-electron chi connectivity index (χ1n) is 5.80. The molecule has 0 aliphatic heterocycles. The van der Waals surface area contributed by atoms with Crippen LogP contribution >= 0.6 is 12.6 Å². The summed E-state index contributed by atoms with van der Waals surface area (Å²) in [5.74, 6) is -1.79. The lowest BCUT2D eigenvalue weighted by Gasteiger charge is -2.05. The molecule has 1 atom stereocenters. The van der Waals surface area contributed by atoms with Crippen molar-refractivity contribution in [1.82, 2.24) is 9.97 Å². The van der Waals surface area contributed by atoms with Gasteiger partial charge in [0.25, 0.3) is 0 Å². The molecule has 2 rings (SSSR count). The maximum absolute atomic E-state index is 11.2. The second-order valence-corrected chi connectivity index (χ2v) is 5.06. The van der Waals surface area contributed by atoms with Crippen LogP contribution in [0.5, 0.6) is 0 Å². The van der Waals surface area contributed by atoms with Crippen LogP contribution < -0.4 is 0 Å². The average molecular weight is 278 g/mol. The smallest absolute Gasteiger partial charge is 0.314 e. The number of hydrogen-bond donors (Lipinski definition) is 3. The summed E-state index contributed by atoms with van der Waals surface area (Å²) in [6, 6.07) is 3.81. The molecule has 2 N–H and O–H groups in total. The largest absolute Gasteiger partial charge is 0.481 e. The Morgan fingerprint density at radius 3 is 2.58 bits per heavy atom. The number of H-pyrrole nitrogens is 1. The van der Waals surface area contributed by atoms with Crippen LogP contribution in [0.1, 0.15) is 29.3 Å². The number of hydrogen-bond acceptors (Lipinski definition) is 3. The van der Waals surface area contributed by atoms with Crippen molar-refractivity contribution >= 4 is 34.7 Å². The van der Waals surface area contributed by atoms with Crippen molar-refractivity contribution in [3.63, 3.8) is 0 Å². The van der Waals surface area contributed by atoms with Crippen LogP contribution in [-0.4, -0.2) is 26.2 Å². The van der Waals surface area contributed by atoms with Gasteiger partial charge in [-0.3, -0.25) is 9.59 Å². The van der Waals surface area contributed by atoms with Crippen LogP contribution in [0.4, 0.5) is 0 Å². The number of thiol groups is 1. The molecule has 1 unspecified atom stereocenters. The van der Waals surface area contributed by atoms with Crippen LogP contribution in [0, 0.1) is 13.8 Å². The van der Waals surface area contributed by atoms with E-state index in [1.54, 1.807) is 0 Å². The van der Waals surface area contributed by atoms with E-state index in [0.717, 1.165) is 16.6 Å². The van der Waals surface area contributed by atoms with Gasteiger partial charge in [0.05, 0.1) is 11.0 Å². The lowest BCUT2D eigenvalue weighted by Crippen LogP contribution is -2.15. The summed E-state index contributed by atoms with van der Waals surface area (Å²) < 4.78 is 0. The monoisotopic (exact) mass is 278 g/mol. The molecule has 6 heteroatoms. The summed E-state index contributed by atoms with van der Waals surface area (Å²) in [5.41, 5.74) is 3.66. The molecule has 1 aromatic carbocycles. The molecule has 0 fully saturated rings. The highest BCUT2D eigenvalue weighted by molar-refractivity contribution is 7.96. The van der Waals surface area contributed by atoms with E-state index in [0.29, 0.717) is 5.52 Å². The Morgan fingerprint density at radius 1 is 1.37 bits per heavy atom. The highest BCUT2D eigenvalue weighted by Gasteiger charge is 2.25. The molecule has 0 bridgehead atoms. The third kappa shape index (κ3) is 2.78. The Hall–Kier alpha value is -1.82. The molecule has 0 aliphatic carbocycles. The standard InChI is InChI=1S/C13H14N2O3S/c1-6-3-9-10(4-7(6)2)15-12(14-9)8(13(17)18)5-11(16)19/h3-4,8H,5H2,1-2H3,(H,14,15)(H,16,19)(H,17,18). The number of nitrogens with one attached hydrogen (secondary N) is 1. The van der Waals surface area contributed by atoms with E-state index in [2.05, 4.69) is 22.6 Å². The van der Waals surface area contributed by atoms with Gasteiger partial charge in [0.1, 0.15) is 11.7 Å². The molecule has 5 nitrogen and oxygen atoms in total. The Morgan fingerprint density at radius 2 is 2.00 bits per heavy atom. The number of aromatic nitrogens is 2. The Kier molecular flexibility index (Phi) is 3.61. The van der Waals surface area contributed by atoms with E-state index < -0.39 is 17.0 Å². The SMILES string of the molecule is Cc1cc2nc(C(CC(=O)S)C(=O)O)[nH]c2cc1C. The molecular formula is C13H14N2O3S. The number of carboxylic acid groups (broad SMARTS) is 1. The fourth-order valence-electron chi connectivity index (χ4n) is 1.93. The van der Waals surface area contributed by atoms with Crippen molar-refractivity contribution in [1.29, 1.82) is 0 Å². The highest BCUT2D eigenvalue weighted by atomic mass is 32.1. The third-order valence-electron chi connectivity index (χ3n) is 3.12. The second-order valence-electron chi connectivity index (χ2n) is 4.56. The van der Waals surface area contributed by atoms with E-state index in [1.165, 1.54) is 0 Å². The number of nitrogens with zero attached hydrogens (tertiary/aromatic N) is 1. The fraction of sp³-hybridized carbons (Fsp3) is 0.308. The molecule has 0 radical (unpaired) electrons. The molecule has 0 saturated heterocycles. The summed E-state index contributed by atoms with van der Waals surface area (Å²) in [6.07, 6.45) is -0.184. The number of carbonyl (C=O) groups excluding carboxylic acids is 1. The van der Waals surface area contributed by atoms with Crippen molar-refractivity contribution in [2.75, 3.05) is 0 Å². The van der Waals surface area contributed by atoms with Gasteiger partial charge in [-0.25, -0.2) is 4.98 Å². The number of rotatable bonds is 4. The first-order chi connectivity index (χ1) is 8.88. The van der Waals surface area contributed by atoms with Gasteiger partial charge in [-0.15, -0.1) is 12.6 Å². The Balaban J connectivity index is 2.49. The molecule has 19 heavy (non-hydrogen) atoms. The van der Waals surface area contributed by atoms with Crippen LogP contribution in [-0.2, 0) is 9.59 Å². The molecule has 0 spiro atoms. The topological polar surface area (TPSA) is 83.1 Å². The van der Waals surface area contributed by atoms with Gasteiger partial charge in [0.2, 0.25) is 0 Å². The predicted octanol–water partition coefficient (Wildman–Crippen LogP) is 2.19. The van der Waals surface area contributed by atoms with Gasteiger partial charge in [-0.05, 0) is 37.1 Å². The number of fused-ring (bicyclic) bond motifs is 1. The lowest BCUT2D eigenvalue weighted by molar-refractivity contribution is -0.140. The summed E-state index contributed by atoms with van der Waals surface area (Å²) >= 11 is 3.63. The second kappa shape index (κ2) is 5.05. The minimum atomic E-state index is -1.09. The van der Waals surface area contributed by atoms with Crippen LogP contribution in [0.25, 0.3) is 11.0 Å². The maximum atomic E-state index is 11.2. The number of carbonyl (C=O) groups is 2. The number of benzene rings is 1. The summed E-state index contributed by atoms with van der Waals surface area (Å²) in [7, 11) is 0. The van der Waals surface area contributed by atoms with Gasteiger partial charge >= 0.3 is 5.97 Å². The van der Waals surface area contributed by atoms with Crippen molar-refractivity contribution in [2.24, 2.45) is 0 Å². The summed E-state index contributed by atoms with van der Waals surface area (Å²) in [4.78, 5) is 29.5. The van der Waals surface area contributed by atoms with Crippen molar-refractivity contribution in [3.8, 4) is 0 Å². The zero-order valence-corrected chi connectivity index (χ0v) is 11.5. The molecule has 2 aromatic rings. The first-order valence-corrected chi connectivity index (χ1v) is 6.24. The maximum Gasteiger partial charge on any atom is 0.314 e. The number of carboxylic acids is 1. The number of imidazole rings is 1. The van der Waals surface area contributed by atoms with E-state index in [-0.39, 0.29) is 12.2 Å². The van der Waals surface area contributed by atoms with Crippen molar-refractivity contribution in [3.05, 3.63) is 29.1 Å². The van der Waals surface area contributed by atoms with E-state index in [4.69, 9.17) is 5.11 Å². The lowest BCUT2D eigenvalue weighted by atomic mass is 10.1. The van der Waals surface area contributed by atoms with Gasteiger partial charge in [0.15, 0.2) is 5.12 Å². The fourth-order valence-corrected chi connectivity index (χ4v) is 2.11. The summed E-state index contributed by atoms with van der Waals surface area (Å²) in [6.45, 7) is 3.94. The van der Waals surface area contributed by atoms with Gasteiger partial charge in [-0.2, -0.15) is 0 Å². The molecule has 1 aromatic heterocycles. The molecule has 0 aliphatic rings. The molecule has 0 amide bonds. The summed E-state index contributed by atoms with van der Waals surface area (Å²) in [5, 5.41) is 8.69. The normalized spacial score (nSPS) is 12.6. The third-order valence-corrected chi connectivity index (χ3v) is 3.31. The number of aliphatic carboxylic acids is 1. The minimum Gasteiger partial charge on any atom is -0.481 e. The molecule has 0 saturated carbocycles. The minimum absolute atomic E-state index is 0.184. The quantitative estimate of drug-likeness (QED) is 0.749. The van der Waals surface area contributed by atoms with Crippen LogP contribution in [0.15, 0.2) is 12.1 Å². The number of aromatic amines is 1. The molecular weight excluding hydrogens is 264 g/mol. The van der Waals surface area contributed by atoms with E-state index in [9.17, 15) is 9.59 Å². The van der Waals surface area contributed by atoms with Crippen LogP contribution in [0.3, 0.4) is 0 Å². The highest BCUT2D eigenvalue weighted by Crippen LogP contribution is 2.23. The average Bonchev–Trinajstić information content (AvgIpc) is 2.68. The van der Waals surface area contributed by atoms with E-state index >= 15 is 0 Å². The van der Waals surface area contributed by atoms with Crippen molar-refractivity contribution in [2.45, 2.75) is 26.2 Å². The zero-order valence-electron chi connectivity index (χ0n) is 10.6. The molecule has 100 valence electrons. The van der Waals surface area contributed by atoms with Crippen molar-refractivity contribution < 1.29 is 14.7 Å². The Bertz CT molecular complexity index is 624. The van der Waals surface area contributed by atoms with E-state index in [1.807, 2.05) is 26.0 Å². The Labute approximate surface area is 115 Å². The van der Waals surface area contributed by atoms with Gasteiger partial charge < -0.3 is 10.1 Å². The van der Waals surface area contributed by atoms with Crippen LogP contribution in [0.2, 0.25) is 0 Å².